The van der Waals surface area contributed by atoms with Gasteiger partial charge < -0.3 is 9.47 Å². The minimum atomic E-state index is 0.458. The Morgan fingerprint density at radius 1 is 1.12 bits per heavy atom. The van der Waals surface area contributed by atoms with Crippen molar-refractivity contribution in [3.63, 3.8) is 0 Å². The maximum atomic E-state index is 5.60. The first-order valence-corrected chi connectivity index (χ1v) is 6.58. The van der Waals surface area contributed by atoms with Gasteiger partial charge in [-0.25, -0.2) is 4.99 Å². The Kier molecular flexibility index (Phi) is 10.3. The fourth-order valence-electron chi connectivity index (χ4n) is 1.47. The average molecular weight is 229 g/mol. The van der Waals surface area contributed by atoms with Crippen LogP contribution in [-0.2, 0) is 9.47 Å². The van der Waals surface area contributed by atoms with E-state index >= 15 is 0 Å². The zero-order valence-corrected chi connectivity index (χ0v) is 11.3. The third-order valence-electron chi connectivity index (χ3n) is 2.54. The summed E-state index contributed by atoms with van der Waals surface area (Å²) < 4.78 is 10.9. The number of aliphatic imine (C=N–C) groups is 1. The molecule has 96 valence electrons. The quantitative estimate of drug-likeness (QED) is 0.470. The minimum Gasteiger partial charge on any atom is -0.451 e. The molecular weight excluding hydrogens is 202 g/mol. The van der Waals surface area contributed by atoms with E-state index < -0.39 is 0 Å². The van der Waals surface area contributed by atoms with Crippen molar-refractivity contribution in [3.05, 3.63) is 0 Å². The molecule has 0 saturated carbocycles. The molecule has 1 unspecified atom stereocenters. The van der Waals surface area contributed by atoms with Gasteiger partial charge in [-0.2, -0.15) is 0 Å². The van der Waals surface area contributed by atoms with Crippen LogP contribution >= 0.6 is 0 Å². The molecule has 0 fully saturated rings. The van der Waals surface area contributed by atoms with Gasteiger partial charge in [0.25, 0.3) is 0 Å². The molecule has 0 aromatic rings. The molecule has 3 nitrogen and oxygen atoms in total. The predicted molar refractivity (Wildman–Crippen MR) is 68.9 cm³/mol. The third-order valence-corrected chi connectivity index (χ3v) is 2.54. The Bertz CT molecular complexity index is 181. The standard InChI is InChI=1S/C13H27NO2/c1-5-9-10-12(6-2)11-16-13(14-7-3)15-8-4/h12H,5-11H2,1-4H3. The van der Waals surface area contributed by atoms with Gasteiger partial charge in [-0.05, 0) is 26.2 Å². The summed E-state index contributed by atoms with van der Waals surface area (Å²) in [4.78, 5) is 4.17. The summed E-state index contributed by atoms with van der Waals surface area (Å²) in [6, 6.07) is 0. The second kappa shape index (κ2) is 10.8. The largest absolute Gasteiger partial charge is 0.451 e. The number of hydrogen-bond donors (Lipinski definition) is 0. The van der Waals surface area contributed by atoms with E-state index in [0.29, 0.717) is 25.2 Å². The molecule has 0 saturated heterocycles. The van der Waals surface area contributed by atoms with Gasteiger partial charge in [0, 0.05) is 6.54 Å². The van der Waals surface area contributed by atoms with Crippen LogP contribution in [0, 0.1) is 5.92 Å². The topological polar surface area (TPSA) is 30.8 Å². The van der Waals surface area contributed by atoms with Gasteiger partial charge in [-0.1, -0.05) is 33.1 Å². The lowest BCUT2D eigenvalue weighted by molar-refractivity contribution is 0.140. The van der Waals surface area contributed by atoms with Gasteiger partial charge >= 0.3 is 6.08 Å². The SMILES string of the molecule is CCCCC(CC)COC(=NCC)OCC. The molecule has 0 bridgehead atoms. The Balaban J connectivity index is 3.90. The van der Waals surface area contributed by atoms with Crippen molar-refractivity contribution in [1.82, 2.24) is 0 Å². The third kappa shape index (κ3) is 7.55. The monoisotopic (exact) mass is 229 g/mol. The Labute approximate surface area is 100 Å². The highest BCUT2D eigenvalue weighted by atomic mass is 16.7. The van der Waals surface area contributed by atoms with E-state index in [0.717, 1.165) is 13.0 Å². The minimum absolute atomic E-state index is 0.458. The first kappa shape index (κ1) is 15.3. The van der Waals surface area contributed by atoms with E-state index in [1.165, 1.54) is 19.3 Å². The van der Waals surface area contributed by atoms with Crippen LogP contribution in [0.2, 0.25) is 0 Å². The summed E-state index contributed by atoms with van der Waals surface area (Å²) in [7, 11) is 0. The molecule has 1 atom stereocenters. The molecule has 0 heterocycles. The number of hydrogen-bond acceptors (Lipinski definition) is 3. The summed E-state index contributed by atoms with van der Waals surface area (Å²) in [5.41, 5.74) is 0. The molecule has 0 rings (SSSR count). The molecule has 0 spiro atoms. The lowest BCUT2D eigenvalue weighted by atomic mass is 10.0. The normalized spacial score (nSPS) is 13.6. The average Bonchev–Trinajstić information content (AvgIpc) is 2.30. The van der Waals surface area contributed by atoms with Crippen LogP contribution in [0.3, 0.4) is 0 Å². The first-order valence-electron chi connectivity index (χ1n) is 6.58. The molecule has 16 heavy (non-hydrogen) atoms. The van der Waals surface area contributed by atoms with Crippen molar-refractivity contribution in [3.8, 4) is 0 Å². The van der Waals surface area contributed by atoms with Crippen LogP contribution in [-0.4, -0.2) is 25.8 Å². The van der Waals surface area contributed by atoms with Crippen molar-refractivity contribution in [2.75, 3.05) is 19.8 Å². The van der Waals surface area contributed by atoms with Crippen molar-refractivity contribution in [2.45, 2.75) is 53.4 Å². The second-order valence-electron chi connectivity index (χ2n) is 3.90. The van der Waals surface area contributed by atoms with Gasteiger partial charge in [-0.3, -0.25) is 0 Å². The van der Waals surface area contributed by atoms with Crippen LogP contribution in [0.5, 0.6) is 0 Å². The van der Waals surface area contributed by atoms with Crippen LogP contribution in [0.1, 0.15) is 53.4 Å². The summed E-state index contributed by atoms with van der Waals surface area (Å²) in [5, 5.41) is 0. The summed E-state index contributed by atoms with van der Waals surface area (Å²) >= 11 is 0. The molecule has 0 aliphatic carbocycles. The van der Waals surface area contributed by atoms with Gasteiger partial charge in [0.2, 0.25) is 0 Å². The van der Waals surface area contributed by atoms with Crippen molar-refractivity contribution in [2.24, 2.45) is 10.9 Å². The summed E-state index contributed by atoms with van der Waals surface area (Å²) in [5.74, 6) is 0.627. The van der Waals surface area contributed by atoms with Crippen molar-refractivity contribution >= 4 is 6.08 Å². The molecular formula is C13H27NO2. The Morgan fingerprint density at radius 2 is 1.88 bits per heavy atom. The zero-order chi connectivity index (χ0) is 12.2. The number of nitrogens with zero attached hydrogens (tertiary/aromatic N) is 1. The molecule has 0 aliphatic rings. The fraction of sp³-hybridized carbons (Fsp3) is 0.923. The highest BCUT2D eigenvalue weighted by Gasteiger charge is 2.09. The highest BCUT2D eigenvalue weighted by Crippen LogP contribution is 2.13. The van der Waals surface area contributed by atoms with Crippen LogP contribution in [0.15, 0.2) is 4.99 Å². The number of ether oxygens (including phenoxy) is 2. The summed E-state index contributed by atoms with van der Waals surface area (Å²) in [6.07, 6.45) is 5.37. The predicted octanol–water partition coefficient (Wildman–Crippen LogP) is 3.63. The lowest BCUT2D eigenvalue weighted by Gasteiger charge is -2.16. The molecule has 3 heteroatoms. The molecule has 0 aliphatic heterocycles. The van der Waals surface area contributed by atoms with Crippen LogP contribution in [0.4, 0.5) is 0 Å². The van der Waals surface area contributed by atoms with Crippen LogP contribution in [0.25, 0.3) is 0 Å². The van der Waals surface area contributed by atoms with Gasteiger partial charge in [0.15, 0.2) is 0 Å². The van der Waals surface area contributed by atoms with E-state index in [2.05, 4.69) is 18.8 Å². The molecule has 0 aromatic heterocycles. The van der Waals surface area contributed by atoms with E-state index in [1.807, 2.05) is 13.8 Å². The first-order chi connectivity index (χ1) is 7.78. The maximum absolute atomic E-state index is 5.60. The van der Waals surface area contributed by atoms with Gasteiger partial charge in [0.05, 0.1) is 13.2 Å². The van der Waals surface area contributed by atoms with E-state index in [-0.39, 0.29) is 0 Å². The number of rotatable bonds is 8. The van der Waals surface area contributed by atoms with Crippen molar-refractivity contribution < 1.29 is 9.47 Å². The number of unbranched alkanes of at least 4 members (excludes halogenated alkanes) is 1. The highest BCUT2D eigenvalue weighted by molar-refractivity contribution is 5.66. The van der Waals surface area contributed by atoms with E-state index in [4.69, 9.17) is 9.47 Å². The van der Waals surface area contributed by atoms with E-state index in [1.54, 1.807) is 0 Å². The molecule has 0 aromatic carbocycles. The van der Waals surface area contributed by atoms with Gasteiger partial charge in [-0.15, -0.1) is 0 Å². The van der Waals surface area contributed by atoms with E-state index in [9.17, 15) is 0 Å². The van der Waals surface area contributed by atoms with Gasteiger partial charge in [0.1, 0.15) is 0 Å². The van der Waals surface area contributed by atoms with Crippen LogP contribution < -0.4 is 0 Å². The second-order valence-corrected chi connectivity index (χ2v) is 3.90. The van der Waals surface area contributed by atoms with Crippen molar-refractivity contribution in [1.29, 1.82) is 0 Å². The molecule has 0 amide bonds. The zero-order valence-electron chi connectivity index (χ0n) is 11.3. The smallest absolute Gasteiger partial charge is 0.383 e. The molecule has 0 N–H and O–H groups in total. The lowest BCUT2D eigenvalue weighted by Crippen LogP contribution is -2.16. The summed E-state index contributed by atoms with van der Waals surface area (Å²) in [6.45, 7) is 10.4. The Morgan fingerprint density at radius 3 is 2.38 bits per heavy atom. The maximum Gasteiger partial charge on any atom is 0.383 e. The fourth-order valence-corrected chi connectivity index (χ4v) is 1.47. The molecule has 0 radical (unpaired) electrons. The Hall–Kier alpha value is -0.730.